The van der Waals surface area contributed by atoms with Crippen molar-refractivity contribution >= 4 is 40.1 Å². The fourth-order valence-corrected chi connectivity index (χ4v) is 6.62. The molecule has 1 N–H and O–H groups in total. The molecule has 3 heterocycles. The third kappa shape index (κ3) is 6.98. The molecule has 2 amide bonds. The number of carbonyl (C=O) groups excluding carboxylic acids is 2. The third-order valence-corrected chi connectivity index (χ3v) is 8.86. The number of anilines is 2. The number of alkyl halides is 2. The zero-order valence-electron chi connectivity index (χ0n) is 23.5. The van der Waals surface area contributed by atoms with Crippen LogP contribution in [-0.4, -0.2) is 53.1 Å². The Morgan fingerprint density at radius 2 is 1.93 bits per heavy atom. The lowest BCUT2D eigenvalue weighted by atomic mass is 9.90. The predicted octanol–water partition coefficient (Wildman–Crippen LogP) is 6.37. The van der Waals surface area contributed by atoms with Crippen molar-refractivity contribution in [2.45, 2.75) is 58.0 Å². The Hall–Kier alpha value is -4.00. The number of aromatic nitrogens is 2. The van der Waals surface area contributed by atoms with E-state index in [1.807, 2.05) is 0 Å². The molecule has 1 aliphatic carbocycles. The molecule has 0 spiro atoms. The molecule has 5 rings (SSSR count). The summed E-state index contributed by atoms with van der Waals surface area (Å²) in [5, 5.41) is 8.69. The molecule has 9 nitrogen and oxygen atoms in total. The number of carboxylic acids is 1. The van der Waals surface area contributed by atoms with E-state index in [2.05, 4.69) is 14.7 Å². The van der Waals surface area contributed by atoms with Crippen LogP contribution in [0, 0.1) is 17.0 Å². The van der Waals surface area contributed by atoms with Gasteiger partial charge < -0.3 is 9.84 Å². The van der Waals surface area contributed by atoms with Gasteiger partial charge in [-0.25, -0.2) is 9.97 Å². The molecule has 1 aliphatic heterocycles. The number of benzene rings is 1. The first kappa shape index (κ1) is 30.5. The van der Waals surface area contributed by atoms with Gasteiger partial charge in [-0.15, -0.1) is 0 Å². The SMILES string of the molecule is CN(C(=O)C(CC(=O)O)CC1CCCC1)c1nc(-c2cc(OC(F)F)ccc2-c2ccc(N3CCCC3=O)nc2)c(F)s1. The summed E-state index contributed by atoms with van der Waals surface area (Å²) in [4.78, 5) is 48.6. The molecule has 0 radical (unpaired) electrons. The fraction of sp³-hybridized carbons (Fsp3) is 0.433. The molecule has 1 atom stereocenters. The van der Waals surface area contributed by atoms with Crippen LogP contribution in [0.4, 0.5) is 24.1 Å². The Morgan fingerprint density at radius 3 is 2.56 bits per heavy atom. The first-order valence-corrected chi connectivity index (χ1v) is 14.9. The second-order valence-electron chi connectivity index (χ2n) is 10.8. The van der Waals surface area contributed by atoms with Gasteiger partial charge in [0.05, 0.1) is 6.42 Å². The molecule has 1 saturated carbocycles. The first-order valence-electron chi connectivity index (χ1n) is 14.1. The van der Waals surface area contributed by atoms with Crippen LogP contribution in [0.1, 0.15) is 51.4 Å². The van der Waals surface area contributed by atoms with Crippen molar-refractivity contribution in [2.24, 2.45) is 11.8 Å². The summed E-state index contributed by atoms with van der Waals surface area (Å²) >= 11 is 0.599. The summed E-state index contributed by atoms with van der Waals surface area (Å²) in [5.41, 5.74) is 0.895. The number of amides is 2. The second kappa shape index (κ2) is 13.1. The minimum absolute atomic E-state index is 0.00598. The molecule has 13 heteroatoms. The van der Waals surface area contributed by atoms with E-state index >= 15 is 4.39 Å². The number of thiazole rings is 1. The second-order valence-corrected chi connectivity index (χ2v) is 11.8. The molecule has 1 unspecified atom stereocenters. The number of rotatable bonds is 11. The normalized spacial score (nSPS) is 16.2. The third-order valence-electron chi connectivity index (χ3n) is 7.94. The number of ether oxygens (including phenoxy) is 1. The molecule has 43 heavy (non-hydrogen) atoms. The van der Waals surface area contributed by atoms with Gasteiger partial charge in [-0.3, -0.25) is 24.2 Å². The minimum Gasteiger partial charge on any atom is -0.481 e. The Balaban J connectivity index is 1.47. The van der Waals surface area contributed by atoms with Crippen molar-refractivity contribution < 1.29 is 37.4 Å². The van der Waals surface area contributed by atoms with E-state index in [-0.39, 0.29) is 40.4 Å². The topological polar surface area (TPSA) is 113 Å². The number of pyridine rings is 1. The van der Waals surface area contributed by atoms with Crippen LogP contribution in [0.3, 0.4) is 0 Å². The number of aliphatic carboxylic acids is 1. The first-order chi connectivity index (χ1) is 20.6. The zero-order valence-corrected chi connectivity index (χ0v) is 24.3. The highest BCUT2D eigenvalue weighted by Crippen LogP contribution is 2.40. The van der Waals surface area contributed by atoms with Gasteiger partial charge in [0, 0.05) is 43.3 Å². The summed E-state index contributed by atoms with van der Waals surface area (Å²) in [7, 11) is 1.42. The van der Waals surface area contributed by atoms with E-state index in [4.69, 9.17) is 0 Å². The van der Waals surface area contributed by atoms with Crippen molar-refractivity contribution in [3.05, 3.63) is 41.7 Å². The monoisotopic (exact) mass is 616 g/mol. The molecule has 3 aromatic rings. The highest BCUT2D eigenvalue weighted by molar-refractivity contribution is 7.14. The lowest BCUT2D eigenvalue weighted by Crippen LogP contribution is -2.35. The van der Waals surface area contributed by atoms with E-state index < -0.39 is 29.5 Å². The van der Waals surface area contributed by atoms with Gasteiger partial charge in [-0.05, 0) is 54.7 Å². The van der Waals surface area contributed by atoms with Crippen LogP contribution < -0.4 is 14.5 Å². The fourth-order valence-electron chi connectivity index (χ4n) is 5.84. The van der Waals surface area contributed by atoms with Crippen LogP contribution in [-0.2, 0) is 14.4 Å². The number of nitrogens with zero attached hydrogens (tertiary/aromatic N) is 4. The van der Waals surface area contributed by atoms with Crippen molar-refractivity contribution in [3.63, 3.8) is 0 Å². The molecular weight excluding hydrogens is 585 g/mol. The van der Waals surface area contributed by atoms with Crippen molar-refractivity contribution in [1.29, 1.82) is 0 Å². The summed E-state index contributed by atoms with van der Waals surface area (Å²) in [6.45, 7) is -2.55. The van der Waals surface area contributed by atoms with Gasteiger partial charge in [0.1, 0.15) is 17.3 Å². The summed E-state index contributed by atoms with van der Waals surface area (Å²) in [5.74, 6) is -1.86. The zero-order chi connectivity index (χ0) is 30.7. The lowest BCUT2D eigenvalue weighted by molar-refractivity contribution is -0.140. The quantitative estimate of drug-likeness (QED) is 0.266. The van der Waals surface area contributed by atoms with Crippen LogP contribution in [0.25, 0.3) is 22.4 Å². The Kier molecular flexibility index (Phi) is 9.28. The number of carbonyl (C=O) groups is 3. The lowest BCUT2D eigenvalue weighted by Gasteiger charge is -2.23. The van der Waals surface area contributed by atoms with Crippen molar-refractivity contribution in [2.75, 3.05) is 23.4 Å². The number of carboxylic acid groups (broad SMARTS) is 1. The maximum absolute atomic E-state index is 15.5. The van der Waals surface area contributed by atoms with E-state index in [0.29, 0.717) is 47.7 Å². The largest absolute Gasteiger partial charge is 0.481 e. The van der Waals surface area contributed by atoms with E-state index in [1.165, 1.54) is 36.3 Å². The molecule has 1 aromatic carbocycles. The molecule has 228 valence electrons. The molecule has 2 aromatic heterocycles. The predicted molar refractivity (Wildman–Crippen MR) is 155 cm³/mol. The summed E-state index contributed by atoms with van der Waals surface area (Å²) in [6, 6.07) is 7.41. The molecule has 2 aliphatic rings. The molecular formula is C30H31F3N4O5S. The van der Waals surface area contributed by atoms with Gasteiger partial charge in [0.2, 0.25) is 16.9 Å². The Morgan fingerprint density at radius 1 is 1.16 bits per heavy atom. The van der Waals surface area contributed by atoms with Crippen LogP contribution in [0.5, 0.6) is 5.75 Å². The Bertz CT molecular complexity index is 1490. The Labute approximate surface area is 250 Å². The van der Waals surface area contributed by atoms with Crippen LogP contribution >= 0.6 is 11.3 Å². The minimum atomic E-state index is -3.11. The van der Waals surface area contributed by atoms with Crippen LogP contribution in [0.15, 0.2) is 36.5 Å². The summed E-state index contributed by atoms with van der Waals surface area (Å²) < 4.78 is 46.2. The maximum Gasteiger partial charge on any atom is 0.387 e. The smallest absolute Gasteiger partial charge is 0.387 e. The van der Waals surface area contributed by atoms with Gasteiger partial charge >= 0.3 is 12.6 Å². The van der Waals surface area contributed by atoms with Crippen molar-refractivity contribution in [1.82, 2.24) is 9.97 Å². The van der Waals surface area contributed by atoms with Gasteiger partial charge in [0.25, 0.3) is 0 Å². The summed E-state index contributed by atoms with van der Waals surface area (Å²) in [6.07, 6.45) is 6.73. The van der Waals surface area contributed by atoms with Crippen molar-refractivity contribution in [3.8, 4) is 28.1 Å². The average Bonchev–Trinajstić information content (AvgIpc) is 3.73. The number of halogens is 3. The van der Waals surface area contributed by atoms with Crippen LogP contribution in [0.2, 0.25) is 0 Å². The highest BCUT2D eigenvalue weighted by Gasteiger charge is 2.32. The van der Waals surface area contributed by atoms with E-state index in [0.717, 1.165) is 32.1 Å². The standard InChI is InChI=1S/C30H31F3N4O5S/c1-36(28(41)19(14-25(39)40)13-17-5-2-3-6-17)30-35-26(27(31)43-30)22-15-20(42-29(32)33)9-10-21(22)18-8-11-23(34-16-18)37-12-4-7-24(37)38/h8-11,15-17,19,29H,2-7,12-14H2,1H3,(H,39,40). The number of hydrogen-bond donors (Lipinski definition) is 1. The van der Waals surface area contributed by atoms with E-state index in [9.17, 15) is 28.3 Å². The number of hydrogen-bond acceptors (Lipinski definition) is 7. The van der Waals surface area contributed by atoms with Gasteiger partial charge in [-0.1, -0.05) is 37.0 Å². The van der Waals surface area contributed by atoms with Gasteiger partial charge in [0.15, 0.2) is 5.13 Å². The highest BCUT2D eigenvalue weighted by atomic mass is 32.1. The molecule has 0 bridgehead atoms. The average molecular weight is 617 g/mol. The maximum atomic E-state index is 15.5. The van der Waals surface area contributed by atoms with Gasteiger partial charge in [-0.2, -0.15) is 13.2 Å². The van der Waals surface area contributed by atoms with E-state index in [1.54, 1.807) is 17.0 Å². The molecule has 2 fully saturated rings. The molecule has 1 saturated heterocycles.